The molecule has 1 heterocycles. The van der Waals surface area contributed by atoms with Crippen molar-refractivity contribution in [2.45, 2.75) is 32.2 Å². The van der Waals surface area contributed by atoms with Crippen LogP contribution in [0.2, 0.25) is 10.0 Å². The van der Waals surface area contributed by atoms with E-state index >= 15 is 0 Å². The van der Waals surface area contributed by atoms with Crippen molar-refractivity contribution in [3.05, 3.63) is 58.1 Å². The minimum absolute atomic E-state index is 0.0524. The molecular formula is C21H22Cl2N2O3. The van der Waals surface area contributed by atoms with Crippen molar-refractivity contribution >= 4 is 40.7 Å². The molecule has 5 nitrogen and oxygen atoms in total. The van der Waals surface area contributed by atoms with Gasteiger partial charge in [0.05, 0.1) is 11.6 Å². The van der Waals surface area contributed by atoms with Crippen LogP contribution < -0.4 is 15.0 Å². The third kappa shape index (κ3) is 5.40. The summed E-state index contributed by atoms with van der Waals surface area (Å²) in [7, 11) is 0. The van der Waals surface area contributed by atoms with Crippen LogP contribution in [0.4, 0.5) is 5.69 Å². The average molecular weight is 421 g/mol. The number of hydrogen-bond acceptors (Lipinski definition) is 3. The Balaban J connectivity index is 1.41. The molecule has 28 heavy (non-hydrogen) atoms. The van der Waals surface area contributed by atoms with Crippen molar-refractivity contribution in [1.82, 2.24) is 5.32 Å². The molecule has 1 saturated heterocycles. The Morgan fingerprint density at radius 2 is 2.00 bits per heavy atom. The summed E-state index contributed by atoms with van der Waals surface area (Å²) in [6.07, 6.45) is 2.41. The van der Waals surface area contributed by atoms with E-state index in [1.165, 1.54) is 0 Å². The monoisotopic (exact) mass is 420 g/mol. The zero-order valence-electron chi connectivity index (χ0n) is 15.4. The summed E-state index contributed by atoms with van der Waals surface area (Å²) in [6, 6.07) is 12.9. The molecule has 2 aromatic rings. The predicted molar refractivity (Wildman–Crippen MR) is 111 cm³/mol. The number of halogens is 2. The first-order valence-corrected chi connectivity index (χ1v) is 10.0. The van der Waals surface area contributed by atoms with E-state index in [2.05, 4.69) is 5.32 Å². The molecule has 0 saturated carbocycles. The Hall–Kier alpha value is -2.24. The number of hydrogen-bond donors (Lipinski definition) is 1. The number of benzene rings is 2. The Kier molecular flexibility index (Phi) is 7.18. The highest BCUT2D eigenvalue weighted by molar-refractivity contribution is 6.42. The van der Waals surface area contributed by atoms with Gasteiger partial charge in [-0.05, 0) is 42.7 Å². The molecule has 0 atom stereocenters. The van der Waals surface area contributed by atoms with E-state index in [9.17, 15) is 9.59 Å². The highest BCUT2D eigenvalue weighted by Crippen LogP contribution is 2.31. The lowest BCUT2D eigenvalue weighted by Crippen LogP contribution is -2.25. The van der Waals surface area contributed by atoms with Crippen LogP contribution >= 0.6 is 23.2 Å². The standard InChI is InChI=1S/C21H22Cl2N2O3/c22-17-7-2-8-18(21(17)23)28-12-4-9-19(26)24-14-15-5-1-6-16(13-15)25-11-3-10-20(25)27/h1-2,5-8,13H,3-4,9-12,14H2,(H,24,26). The molecule has 1 aliphatic rings. The second-order valence-electron chi connectivity index (χ2n) is 6.60. The average Bonchev–Trinajstić information content (AvgIpc) is 3.13. The summed E-state index contributed by atoms with van der Waals surface area (Å²) in [5, 5.41) is 3.72. The smallest absolute Gasteiger partial charge is 0.227 e. The molecular weight excluding hydrogens is 399 g/mol. The van der Waals surface area contributed by atoms with Gasteiger partial charge in [-0.3, -0.25) is 9.59 Å². The van der Waals surface area contributed by atoms with Gasteiger partial charge in [0.15, 0.2) is 0 Å². The first-order valence-electron chi connectivity index (χ1n) is 9.27. The van der Waals surface area contributed by atoms with Crippen molar-refractivity contribution in [1.29, 1.82) is 0 Å². The molecule has 7 heteroatoms. The predicted octanol–water partition coefficient (Wildman–Crippen LogP) is 4.60. The van der Waals surface area contributed by atoms with E-state index in [1.54, 1.807) is 23.1 Å². The summed E-state index contributed by atoms with van der Waals surface area (Å²) in [6.45, 7) is 1.56. The van der Waals surface area contributed by atoms with Crippen LogP contribution in [0.1, 0.15) is 31.2 Å². The normalized spacial score (nSPS) is 13.6. The van der Waals surface area contributed by atoms with Gasteiger partial charge < -0.3 is 15.0 Å². The highest BCUT2D eigenvalue weighted by Gasteiger charge is 2.21. The maximum atomic E-state index is 12.1. The van der Waals surface area contributed by atoms with Gasteiger partial charge in [0.2, 0.25) is 11.8 Å². The number of nitrogens with one attached hydrogen (secondary N) is 1. The molecule has 2 amide bonds. The van der Waals surface area contributed by atoms with E-state index in [1.807, 2.05) is 24.3 Å². The summed E-state index contributed by atoms with van der Waals surface area (Å²) >= 11 is 12.0. The van der Waals surface area contributed by atoms with Gasteiger partial charge in [-0.1, -0.05) is 41.4 Å². The molecule has 1 fully saturated rings. The number of carbonyl (C=O) groups is 2. The molecule has 0 spiro atoms. The summed E-state index contributed by atoms with van der Waals surface area (Å²) in [5.74, 6) is 0.618. The molecule has 0 aliphatic carbocycles. The van der Waals surface area contributed by atoms with Gasteiger partial charge in [0.25, 0.3) is 0 Å². The van der Waals surface area contributed by atoms with Crippen molar-refractivity contribution < 1.29 is 14.3 Å². The van der Waals surface area contributed by atoms with Gasteiger partial charge in [-0.25, -0.2) is 0 Å². The fourth-order valence-corrected chi connectivity index (χ4v) is 3.40. The van der Waals surface area contributed by atoms with Crippen LogP contribution in [-0.2, 0) is 16.1 Å². The molecule has 3 rings (SSSR count). The van der Waals surface area contributed by atoms with Crippen molar-refractivity contribution in [3.8, 4) is 5.75 Å². The first-order chi connectivity index (χ1) is 13.5. The van der Waals surface area contributed by atoms with Crippen LogP contribution in [0.15, 0.2) is 42.5 Å². The van der Waals surface area contributed by atoms with Crippen LogP contribution in [0.5, 0.6) is 5.75 Å². The third-order valence-corrected chi connectivity index (χ3v) is 5.31. The topological polar surface area (TPSA) is 58.6 Å². The summed E-state index contributed by atoms with van der Waals surface area (Å²) in [5.41, 5.74) is 1.86. The summed E-state index contributed by atoms with van der Waals surface area (Å²) < 4.78 is 5.58. The van der Waals surface area contributed by atoms with E-state index in [4.69, 9.17) is 27.9 Å². The first kappa shape index (κ1) is 20.5. The van der Waals surface area contributed by atoms with Crippen LogP contribution in [0.3, 0.4) is 0 Å². The van der Waals surface area contributed by atoms with Crippen LogP contribution in [0.25, 0.3) is 0 Å². The summed E-state index contributed by atoms with van der Waals surface area (Å²) in [4.78, 5) is 25.7. The fourth-order valence-electron chi connectivity index (χ4n) is 3.05. The van der Waals surface area contributed by atoms with Gasteiger partial charge in [0.1, 0.15) is 10.8 Å². The van der Waals surface area contributed by atoms with E-state index in [0.717, 1.165) is 24.2 Å². The Morgan fingerprint density at radius 1 is 1.18 bits per heavy atom. The quantitative estimate of drug-likeness (QED) is 0.634. The molecule has 0 radical (unpaired) electrons. The Morgan fingerprint density at radius 3 is 2.79 bits per heavy atom. The van der Waals surface area contributed by atoms with Crippen LogP contribution in [-0.4, -0.2) is 25.0 Å². The molecule has 2 aromatic carbocycles. The van der Waals surface area contributed by atoms with E-state index in [0.29, 0.717) is 48.2 Å². The maximum absolute atomic E-state index is 12.1. The number of carbonyl (C=O) groups excluding carboxylic acids is 2. The molecule has 0 bridgehead atoms. The van der Waals surface area contributed by atoms with Crippen molar-refractivity contribution in [2.24, 2.45) is 0 Å². The minimum atomic E-state index is -0.0524. The lowest BCUT2D eigenvalue weighted by molar-refractivity contribution is -0.121. The van der Waals surface area contributed by atoms with Crippen molar-refractivity contribution in [2.75, 3.05) is 18.1 Å². The SMILES string of the molecule is O=C(CCCOc1cccc(Cl)c1Cl)NCc1cccc(N2CCCC2=O)c1. The number of anilines is 1. The molecule has 0 aromatic heterocycles. The number of amides is 2. The Labute approximate surface area is 174 Å². The Bertz CT molecular complexity index is 857. The third-order valence-electron chi connectivity index (χ3n) is 4.51. The maximum Gasteiger partial charge on any atom is 0.227 e. The lowest BCUT2D eigenvalue weighted by atomic mass is 10.2. The fraction of sp³-hybridized carbons (Fsp3) is 0.333. The second kappa shape index (κ2) is 9.80. The highest BCUT2D eigenvalue weighted by atomic mass is 35.5. The molecule has 1 aliphatic heterocycles. The minimum Gasteiger partial charge on any atom is -0.492 e. The van der Waals surface area contributed by atoms with Crippen molar-refractivity contribution in [3.63, 3.8) is 0 Å². The lowest BCUT2D eigenvalue weighted by Gasteiger charge is -2.16. The van der Waals surface area contributed by atoms with Gasteiger partial charge in [0, 0.05) is 31.6 Å². The number of ether oxygens (including phenoxy) is 1. The van der Waals surface area contributed by atoms with E-state index < -0.39 is 0 Å². The van der Waals surface area contributed by atoms with E-state index in [-0.39, 0.29) is 11.8 Å². The molecule has 0 unspecified atom stereocenters. The largest absolute Gasteiger partial charge is 0.492 e. The van der Waals surface area contributed by atoms with Gasteiger partial charge in [-0.15, -0.1) is 0 Å². The van der Waals surface area contributed by atoms with Gasteiger partial charge in [-0.2, -0.15) is 0 Å². The molecule has 148 valence electrons. The zero-order valence-corrected chi connectivity index (χ0v) is 16.9. The van der Waals surface area contributed by atoms with Crippen LogP contribution in [0, 0.1) is 0 Å². The number of nitrogens with zero attached hydrogens (tertiary/aromatic N) is 1. The zero-order chi connectivity index (χ0) is 19.9. The number of rotatable bonds is 8. The van der Waals surface area contributed by atoms with Gasteiger partial charge >= 0.3 is 0 Å². The molecule has 1 N–H and O–H groups in total. The second-order valence-corrected chi connectivity index (χ2v) is 7.38.